The van der Waals surface area contributed by atoms with Gasteiger partial charge in [-0.2, -0.15) is 5.10 Å². The first-order valence-corrected chi connectivity index (χ1v) is 7.40. The lowest BCUT2D eigenvalue weighted by Gasteiger charge is -2.25. The second kappa shape index (κ2) is 6.76. The van der Waals surface area contributed by atoms with Crippen LogP contribution in [0.5, 0.6) is 0 Å². The minimum absolute atomic E-state index is 0.0550. The Hall–Kier alpha value is -1.81. The fraction of sp³-hybridized carbons (Fsp3) is 0.471. The van der Waals surface area contributed by atoms with Gasteiger partial charge in [0.1, 0.15) is 0 Å². The molecule has 0 unspecified atom stereocenters. The maximum Gasteiger partial charge on any atom is 0.0729 e. The molecule has 1 atom stereocenters. The van der Waals surface area contributed by atoms with Gasteiger partial charge in [-0.05, 0) is 17.4 Å². The molecule has 0 spiro atoms. The highest BCUT2D eigenvalue weighted by molar-refractivity contribution is 5.39. The molecule has 0 aliphatic carbocycles. The van der Waals surface area contributed by atoms with Gasteiger partial charge in [-0.1, -0.05) is 51.1 Å². The smallest absolute Gasteiger partial charge is 0.0729 e. The number of aliphatic hydroxyl groups excluding tert-OH is 1. The third kappa shape index (κ3) is 5.23. The van der Waals surface area contributed by atoms with E-state index in [1.165, 1.54) is 5.56 Å². The molecule has 0 radical (unpaired) electrons. The molecule has 0 saturated carbocycles. The number of aliphatic hydroxyl groups is 1. The molecule has 2 rings (SSSR count). The molecule has 0 fully saturated rings. The Labute approximate surface area is 126 Å². The number of benzene rings is 1. The van der Waals surface area contributed by atoms with Gasteiger partial charge >= 0.3 is 0 Å². The first-order valence-electron chi connectivity index (χ1n) is 7.40. The van der Waals surface area contributed by atoms with Crippen molar-refractivity contribution in [3.63, 3.8) is 0 Å². The van der Waals surface area contributed by atoms with Crippen molar-refractivity contribution >= 4 is 5.69 Å². The standard InChI is InChI=1S/C17H25N3O/c1-17(2,3)9-15(13-21)19-16-10-18-20(12-16)11-14-7-5-4-6-8-14/h4-8,10,12,15,19,21H,9,11,13H2,1-3H3/t15-/m1/s1. The second-order valence-electron chi connectivity index (χ2n) is 6.70. The van der Waals surface area contributed by atoms with Crippen LogP contribution in [0.3, 0.4) is 0 Å². The molecular weight excluding hydrogens is 262 g/mol. The van der Waals surface area contributed by atoms with Crippen LogP contribution in [0.2, 0.25) is 0 Å². The summed E-state index contributed by atoms with van der Waals surface area (Å²) in [5, 5.41) is 17.2. The summed E-state index contributed by atoms with van der Waals surface area (Å²) >= 11 is 0. The Morgan fingerprint density at radius 2 is 1.95 bits per heavy atom. The van der Waals surface area contributed by atoms with Crippen molar-refractivity contribution in [2.45, 2.75) is 39.8 Å². The number of hydrogen-bond acceptors (Lipinski definition) is 3. The summed E-state index contributed by atoms with van der Waals surface area (Å²) in [6.07, 6.45) is 4.71. The molecule has 0 amide bonds. The molecule has 4 nitrogen and oxygen atoms in total. The van der Waals surface area contributed by atoms with E-state index in [1.54, 1.807) is 0 Å². The average molecular weight is 287 g/mol. The van der Waals surface area contributed by atoms with Crippen molar-refractivity contribution in [2.24, 2.45) is 5.41 Å². The Bertz CT molecular complexity index is 543. The Balaban J connectivity index is 1.96. The zero-order valence-electron chi connectivity index (χ0n) is 13.1. The van der Waals surface area contributed by atoms with E-state index in [9.17, 15) is 5.11 Å². The maximum absolute atomic E-state index is 9.50. The largest absolute Gasteiger partial charge is 0.394 e. The number of anilines is 1. The lowest BCUT2D eigenvalue weighted by molar-refractivity contribution is 0.234. The highest BCUT2D eigenvalue weighted by Crippen LogP contribution is 2.22. The third-order valence-corrected chi connectivity index (χ3v) is 3.27. The van der Waals surface area contributed by atoms with E-state index in [-0.39, 0.29) is 18.1 Å². The molecule has 114 valence electrons. The fourth-order valence-corrected chi connectivity index (χ4v) is 2.43. The minimum atomic E-state index is 0.0550. The SMILES string of the molecule is CC(C)(C)C[C@H](CO)Nc1cnn(Cc2ccccc2)c1. The predicted octanol–water partition coefficient (Wildman–Crippen LogP) is 3.14. The van der Waals surface area contributed by atoms with Crippen molar-refractivity contribution in [3.8, 4) is 0 Å². The lowest BCUT2D eigenvalue weighted by atomic mass is 9.88. The van der Waals surface area contributed by atoms with Gasteiger partial charge < -0.3 is 10.4 Å². The van der Waals surface area contributed by atoms with Crippen LogP contribution >= 0.6 is 0 Å². The Kier molecular flexibility index (Phi) is 5.02. The summed E-state index contributed by atoms with van der Waals surface area (Å²) in [5.41, 5.74) is 2.36. The number of rotatable bonds is 6. The molecule has 1 aromatic heterocycles. The Morgan fingerprint density at radius 1 is 1.24 bits per heavy atom. The molecule has 0 aliphatic heterocycles. The topological polar surface area (TPSA) is 50.1 Å². The molecule has 0 aliphatic rings. The number of hydrogen-bond donors (Lipinski definition) is 2. The predicted molar refractivity (Wildman–Crippen MR) is 86.3 cm³/mol. The van der Waals surface area contributed by atoms with Crippen LogP contribution in [0.15, 0.2) is 42.7 Å². The molecule has 1 aromatic carbocycles. The van der Waals surface area contributed by atoms with E-state index in [0.29, 0.717) is 0 Å². The van der Waals surface area contributed by atoms with Crippen LogP contribution in [0.25, 0.3) is 0 Å². The maximum atomic E-state index is 9.50. The minimum Gasteiger partial charge on any atom is -0.394 e. The van der Waals surface area contributed by atoms with Crippen LogP contribution in [0, 0.1) is 5.41 Å². The third-order valence-electron chi connectivity index (χ3n) is 3.27. The zero-order chi connectivity index (χ0) is 15.3. The molecule has 2 aromatic rings. The Morgan fingerprint density at radius 3 is 2.57 bits per heavy atom. The monoisotopic (exact) mass is 287 g/mol. The van der Waals surface area contributed by atoms with E-state index in [4.69, 9.17) is 0 Å². The van der Waals surface area contributed by atoms with E-state index < -0.39 is 0 Å². The van der Waals surface area contributed by atoms with E-state index in [1.807, 2.05) is 35.3 Å². The van der Waals surface area contributed by atoms with Gasteiger partial charge in [-0.25, -0.2) is 0 Å². The molecule has 0 bridgehead atoms. The highest BCUT2D eigenvalue weighted by atomic mass is 16.3. The zero-order valence-corrected chi connectivity index (χ0v) is 13.1. The molecule has 21 heavy (non-hydrogen) atoms. The summed E-state index contributed by atoms with van der Waals surface area (Å²) in [7, 11) is 0. The van der Waals surface area contributed by atoms with Crippen molar-refractivity contribution < 1.29 is 5.11 Å². The van der Waals surface area contributed by atoms with Crippen molar-refractivity contribution in [2.75, 3.05) is 11.9 Å². The molecular formula is C17H25N3O. The number of aromatic nitrogens is 2. The van der Waals surface area contributed by atoms with E-state index in [2.05, 4.69) is 43.3 Å². The summed E-state index contributed by atoms with van der Waals surface area (Å²) in [4.78, 5) is 0. The molecule has 2 N–H and O–H groups in total. The van der Waals surface area contributed by atoms with Crippen LogP contribution < -0.4 is 5.32 Å². The normalized spacial score (nSPS) is 13.1. The first kappa shape index (κ1) is 15.6. The fourth-order valence-electron chi connectivity index (χ4n) is 2.43. The number of nitrogens with zero attached hydrogens (tertiary/aromatic N) is 2. The summed E-state index contributed by atoms with van der Waals surface area (Å²) in [5.74, 6) is 0. The van der Waals surface area contributed by atoms with Crippen LogP contribution in [-0.2, 0) is 6.54 Å². The van der Waals surface area contributed by atoms with Crippen molar-refractivity contribution in [1.29, 1.82) is 0 Å². The molecule has 1 heterocycles. The van der Waals surface area contributed by atoms with Gasteiger partial charge in [0.15, 0.2) is 0 Å². The van der Waals surface area contributed by atoms with Crippen LogP contribution in [0.4, 0.5) is 5.69 Å². The van der Waals surface area contributed by atoms with Crippen molar-refractivity contribution in [3.05, 3.63) is 48.3 Å². The van der Waals surface area contributed by atoms with Gasteiger partial charge in [0.2, 0.25) is 0 Å². The molecule has 4 heteroatoms. The van der Waals surface area contributed by atoms with Crippen LogP contribution in [-0.4, -0.2) is 27.5 Å². The van der Waals surface area contributed by atoms with Gasteiger partial charge in [0, 0.05) is 12.2 Å². The summed E-state index contributed by atoms with van der Waals surface area (Å²) in [6, 6.07) is 10.3. The van der Waals surface area contributed by atoms with Gasteiger partial charge in [-0.3, -0.25) is 4.68 Å². The van der Waals surface area contributed by atoms with Gasteiger partial charge in [0.05, 0.1) is 25.0 Å². The lowest BCUT2D eigenvalue weighted by Crippen LogP contribution is -2.28. The highest BCUT2D eigenvalue weighted by Gasteiger charge is 2.18. The first-order chi connectivity index (χ1) is 9.96. The number of nitrogens with one attached hydrogen (secondary N) is 1. The van der Waals surface area contributed by atoms with Crippen molar-refractivity contribution in [1.82, 2.24) is 9.78 Å². The summed E-state index contributed by atoms with van der Waals surface area (Å²) in [6.45, 7) is 7.41. The van der Waals surface area contributed by atoms with Gasteiger partial charge in [-0.15, -0.1) is 0 Å². The average Bonchev–Trinajstić information content (AvgIpc) is 2.85. The quantitative estimate of drug-likeness (QED) is 0.858. The van der Waals surface area contributed by atoms with Gasteiger partial charge in [0.25, 0.3) is 0 Å². The summed E-state index contributed by atoms with van der Waals surface area (Å²) < 4.78 is 1.91. The van der Waals surface area contributed by atoms with Crippen LogP contribution in [0.1, 0.15) is 32.8 Å². The van der Waals surface area contributed by atoms with E-state index in [0.717, 1.165) is 18.7 Å². The van der Waals surface area contributed by atoms with E-state index >= 15 is 0 Å². The molecule has 0 saturated heterocycles. The second-order valence-corrected chi connectivity index (χ2v) is 6.70.